The van der Waals surface area contributed by atoms with Gasteiger partial charge in [-0.3, -0.25) is 0 Å². The lowest BCUT2D eigenvalue weighted by Crippen LogP contribution is -2.33. The molecule has 0 aromatic carbocycles. The number of nitrogens with zero attached hydrogens (tertiary/aromatic N) is 2. The Balaban J connectivity index is 3.75. The lowest BCUT2D eigenvalue weighted by molar-refractivity contribution is 0.0578. The summed E-state index contributed by atoms with van der Waals surface area (Å²) in [5.74, 6) is 0. The van der Waals surface area contributed by atoms with Gasteiger partial charge in [0.2, 0.25) is 0 Å². The molecule has 104 valence electrons. The van der Waals surface area contributed by atoms with Crippen molar-refractivity contribution < 1.29 is 5.11 Å². The molecule has 0 heterocycles. The highest BCUT2D eigenvalue weighted by Crippen LogP contribution is 2.08. The van der Waals surface area contributed by atoms with E-state index in [1.54, 1.807) is 0 Å². The molecule has 0 aliphatic carbocycles. The fourth-order valence-corrected chi connectivity index (χ4v) is 1.92. The van der Waals surface area contributed by atoms with E-state index in [4.69, 9.17) is 0 Å². The Morgan fingerprint density at radius 1 is 0.824 bits per heavy atom. The highest BCUT2D eigenvalue weighted by molar-refractivity contribution is 4.68. The number of hydrogen-bond acceptors (Lipinski definition) is 3. The van der Waals surface area contributed by atoms with Crippen LogP contribution >= 0.6 is 0 Å². The predicted octanol–water partition coefficient (Wildman–Crippen LogP) is 2.20. The number of aliphatic hydroxyl groups is 1. The van der Waals surface area contributed by atoms with Gasteiger partial charge in [-0.25, -0.2) is 0 Å². The molecule has 3 nitrogen and oxygen atoms in total. The van der Waals surface area contributed by atoms with Crippen molar-refractivity contribution in [1.29, 1.82) is 0 Å². The topological polar surface area (TPSA) is 26.7 Å². The molecule has 0 atom stereocenters. The zero-order chi connectivity index (χ0) is 13.3. The van der Waals surface area contributed by atoms with E-state index in [1.807, 2.05) is 13.8 Å². The molecule has 0 unspecified atom stereocenters. The SMILES string of the molecule is CCN(CC)CCCN(CC)CCC(C)(C)O. The van der Waals surface area contributed by atoms with Crippen molar-refractivity contribution in [2.45, 2.75) is 53.1 Å². The molecule has 0 fully saturated rings. The van der Waals surface area contributed by atoms with Crippen LogP contribution in [0.2, 0.25) is 0 Å². The largest absolute Gasteiger partial charge is 0.390 e. The van der Waals surface area contributed by atoms with Crippen molar-refractivity contribution >= 4 is 0 Å². The van der Waals surface area contributed by atoms with Crippen molar-refractivity contribution in [3.63, 3.8) is 0 Å². The summed E-state index contributed by atoms with van der Waals surface area (Å²) in [4.78, 5) is 4.89. The highest BCUT2D eigenvalue weighted by Gasteiger charge is 2.14. The number of hydrogen-bond donors (Lipinski definition) is 1. The van der Waals surface area contributed by atoms with Gasteiger partial charge in [-0.15, -0.1) is 0 Å². The maximum Gasteiger partial charge on any atom is 0.0603 e. The Morgan fingerprint density at radius 2 is 1.29 bits per heavy atom. The average Bonchev–Trinajstić information content (AvgIpc) is 2.27. The molecule has 0 rings (SSSR count). The van der Waals surface area contributed by atoms with Crippen LogP contribution in [0, 0.1) is 0 Å². The van der Waals surface area contributed by atoms with Gasteiger partial charge in [-0.2, -0.15) is 0 Å². The summed E-state index contributed by atoms with van der Waals surface area (Å²) in [5, 5.41) is 9.72. The molecular formula is C14H32N2O. The normalized spacial score (nSPS) is 12.7. The average molecular weight is 244 g/mol. The van der Waals surface area contributed by atoms with Crippen molar-refractivity contribution in [2.24, 2.45) is 0 Å². The van der Waals surface area contributed by atoms with Crippen LogP contribution in [0.3, 0.4) is 0 Å². The van der Waals surface area contributed by atoms with Crippen molar-refractivity contribution in [3.8, 4) is 0 Å². The first-order chi connectivity index (χ1) is 7.92. The molecule has 0 spiro atoms. The second-order valence-corrected chi connectivity index (χ2v) is 5.38. The first-order valence-electron chi connectivity index (χ1n) is 7.10. The molecule has 0 aliphatic rings. The quantitative estimate of drug-likeness (QED) is 0.638. The maximum atomic E-state index is 9.72. The lowest BCUT2D eigenvalue weighted by atomic mass is 10.1. The van der Waals surface area contributed by atoms with Crippen LogP contribution in [0.25, 0.3) is 0 Å². The minimum Gasteiger partial charge on any atom is -0.390 e. The van der Waals surface area contributed by atoms with Crippen molar-refractivity contribution in [2.75, 3.05) is 39.3 Å². The van der Waals surface area contributed by atoms with Crippen LogP contribution in [0.4, 0.5) is 0 Å². The van der Waals surface area contributed by atoms with Crippen LogP contribution in [0.5, 0.6) is 0 Å². The Kier molecular flexibility index (Phi) is 8.83. The summed E-state index contributed by atoms with van der Waals surface area (Å²) in [6, 6.07) is 0. The molecule has 17 heavy (non-hydrogen) atoms. The summed E-state index contributed by atoms with van der Waals surface area (Å²) in [5.41, 5.74) is -0.535. The zero-order valence-corrected chi connectivity index (χ0v) is 12.5. The molecule has 3 heteroatoms. The molecule has 0 aromatic heterocycles. The molecule has 0 radical (unpaired) electrons. The van der Waals surface area contributed by atoms with E-state index in [0.29, 0.717) is 0 Å². The minimum absolute atomic E-state index is 0.535. The van der Waals surface area contributed by atoms with Crippen molar-refractivity contribution in [3.05, 3.63) is 0 Å². The Bertz CT molecular complexity index is 174. The van der Waals surface area contributed by atoms with Crippen LogP contribution in [-0.4, -0.2) is 59.8 Å². The molecular weight excluding hydrogens is 212 g/mol. The van der Waals surface area contributed by atoms with E-state index in [2.05, 4.69) is 30.6 Å². The summed E-state index contributed by atoms with van der Waals surface area (Å²) in [6.45, 7) is 17.1. The third-order valence-corrected chi connectivity index (χ3v) is 3.33. The maximum absolute atomic E-state index is 9.72. The van der Waals surface area contributed by atoms with E-state index in [1.165, 1.54) is 13.0 Å². The van der Waals surface area contributed by atoms with E-state index in [9.17, 15) is 5.11 Å². The van der Waals surface area contributed by atoms with Gasteiger partial charge < -0.3 is 14.9 Å². The summed E-state index contributed by atoms with van der Waals surface area (Å²) >= 11 is 0. The first kappa shape index (κ1) is 16.9. The first-order valence-corrected chi connectivity index (χ1v) is 7.10. The summed E-state index contributed by atoms with van der Waals surface area (Å²) < 4.78 is 0. The molecule has 0 amide bonds. The monoisotopic (exact) mass is 244 g/mol. The summed E-state index contributed by atoms with van der Waals surface area (Å²) in [7, 11) is 0. The van der Waals surface area contributed by atoms with Gasteiger partial charge >= 0.3 is 0 Å². The van der Waals surface area contributed by atoms with E-state index < -0.39 is 5.60 Å². The van der Waals surface area contributed by atoms with E-state index in [-0.39, 0.29) is 0 Å². The minimum atomic E-state index is -0.535. The smallest absolute Gasteiger partial charge is 0.0603 e. The fraction of sp³-hybridized carbons (Fsp3) is 1.00. The van der Waals surface area contributed by atoms with Gasteiger partial charge in [0.15, 0.2) is 0 Å². The Morgan fingerprint density at radius 3 is 1.71 bits per heavy atom. The second kappa shape index (κ2) is 8.90. The molecule has 0 aliphatic heterocycles. The molecule has 0 saturated carbocycles. The molecule has 0 saturated heterocycles. The van der Waals surface area contributed by atoms with E-state index >= 15 is 0 Å². The van der Waals surface area contributed by atoms with Crippen LogP contribution in [0.15, 0.2) is 0 Å². The fourth-order valence-electron chi connectivity index (χ4n) is 1.92. The highest BCUT2D eigenvalue weighted by atomic mass is 16.3. The predicted molar refractivity (Wildman–Crippen MR) is 75.4 cm³/mol. The van der Waals surface area contributed by atoms with Crippen LogP contribution in [0.1, 0.15) is 47.5 Å². The molecule has 0 bridgehead atoms. The van der Waals surface area contributed by atoms with E-state index in [0.717, 1.165) is 39.1 Å². The Labute approximate surface area is 108 Å². The Hall–Kier alpha value is -0.120. The van der Waals surface area contributed by atoms with Crippen LogP contribution < -0.4 is 0 Å². The lowest BCUT2D eigenvalue weighted by Gasteiger charge is -2.26. The van der Waals surface area contributed by atoms with Gasteiger partial charge in [-0.1, -0.05) is 20.8 Å². The van der Waals surface area contributed by atoms with Crippen molar-refractivity contribution in [1.82, 2.24) is 9.80 Å². The molecule has 1 N–H and O–H groups in total. The summed E-state index contributed by atoms with van der Waals surface area (Å²) in [6.07, 6.45) is 2.08. The van der Waals surface area contributed by atoms with Gasteiger partial charge in [0.1, 0.15) is 0 Å². The second-order valence-electron chi connectivity index (χ2n) is 5.38. The van der Waals surface area contributed by atoms with Crippen LogP contribution in [-0.2, 0) is 0 Å². The van der Waals surface area contributed by atoms with Gasteiger partial charge in [-0.05, 0) is 59.4 Å². The third kappa shape index (κ3) is 9.57. The third-order valence-electron chi connectivity index (χ3n) is 3.33. The van der Waals surface area contributed by atoms with Gasteiger partial charge in [0, 0.05) is 6.54 Å². The molecule has 0 aromatic rings. The standard InChI is InChI=1S/C14H32N2O/c1-6-15(7-2)11-9-12-16(8-3)13-10-14(4,5)17/h17H,6-13H2,1-5H3. The van der Waals surface area contributed by atoms with Gasteiger partial charge in [0.25, 0.3) is 0 Å². The number of rotatable bonds is 10. The zero-order valence-electron chi connectivity index (χ0n) is 12.5. The van der Waals surface area contributed by atoms with Gasteiger partial charge in [0.05, 0.1) is 5.60 Å².